The minimum Gasteiger partial charge on any atom is -0.465 e. The number of aryl methyl sites for hydroxylation is 1. The second-order valence-electron chi connectivity index (χ2n) is 5.12. The van der Waals surface area contributed by atoms with Crippen LogP contribution in [0.4, 0.5) is 0 Å². The number of hydrogen-bond donors (Lipinski definition) is 0. The predicted molar refractivity (Wildman–Crippen MR) is 80.4 cm³/mol. The van der Waals surface area contributed by atoms with Crippen LogP contribution < -0.4 is 4.74 Å². The van der Waals surface area contributed by atoms with Crippen LogP contribution in [0.2, 0.25) is 5.15 Å². The molecule has 3 heterocycles. The molecule has 2 unspecified atom stereocenters. The summed E-state index contributed by atoms with van der Waals surface area (Å²) >= 11 is 7.61. The minimum absolute atomic E-state index is 0.120. The van der Waals surface area contributed by atoms with Crippen LogP contribution in [-0.2, 0) is 6.54 Å². The van der Waals surface area contributed by atoms with Gasteiger partial charge in [0.1, 0.15) is 10.2 Å². The van der Waals surface area contributed by atoms with Crippen LogP contribution in [0, 0.1) is 6.92 Å². The van der Waals surface area contributed by atoms with Gasteiger partial charge in [0.05, 0.1) is 6.04 Å². The molecule has 0 aromatic carbocycles. The maximum atomic E-state index is 6.13. The lowest BCUT2D eigenvalue weighted by atomic mass is 10.1. The number of thiazole rings is 1. The highest BCUT2D eigenvalue weighted by molar-refractivity contribution is 7.09. The van der Waals surface area contributed by atoms with Gasteiger partial charge in [-0.15, -0.1) is 11.3 Å². The van der Waals surface area contributed by atoms with Gasteiger partial charge in [-0.2, -0.15) is 0 Å². The summed E-state index contributed by atoms with van der Waals surface area (Å²) in [6.45, 7) is 4.94. The molecule has 0 aliphatic carbocycles. The van der Waals surface area contributed by atoms with E-state index in [0.29, 0.717) is 11.0 Å². The topological polar surface area (TPSA) is 38.2 Å². The third-order valence-corrected chi connectivity index (χ3v) is 4.81. The first-order valence-corrected chi connectivity index (χ1v) is 7.74. The fourth-order valence-corrected chi connectivity index (χ4v) is 3.35. The van der Waals surface area contributed by atoms with E-state index in [4.69, 9.17) is 16.3 Å². The largest absolute Gasteiger partial charge is 0.465 e. The number of ether oxygens (including phenoxy) is 1. The Morgan fingerprint density at radius 1 is 1.40 bits per heavy atom. The number of hydrogen-bond acceptors (Lipinski definition) is 5. The van der Waals surface area contributed by atoms with E-state index in [0.717, 1.165) is 22.8 Å². The number of pyridine rings is 1. The van der Waals surface area contributed by atoms with E-state index in [1.807, 2.05) is 18.4 Å². The highest BCUT2D eigenvalue weighted by Crippen LogP contribution is 2.34. The first kappa shape index (κ1) is 13.8. The van der Waals surface area contributed by atoms with Gasteiger partial charge in [-0.25, -0.2) is 9.97 Å². The standard InChI is InChI=1S/C14H16ClN3OS/c1-8-7-20-14(16-8)12-9(2)18(3)6-10-4-5-11(15)17-13(10)19-12/h4-5,7,9,12H,6H2,1-3H3. The van der Waals surface area contributed by atoms with E-state index in [1.54, 1.807) is 17.4 Å². The van der Waals surface area contributed by atoms with E-state index < -0.39 is 0 Å². The second-order valence-corrected chi connectivity index (χ2v) is 6.40. The molecule has 1 aliphatic heterocycles. The molecule has 0 saturated carbocycles. The highest BCUT2D eigenvalue weighted by Gasteiger charge is 2.32. The van der Waals surface area contributed by atoms with Crippen molar-refractivity contribution in [3.05, 3.63) is 38.9 Å². The molecule has 0 radical (unpaired) electrons. The molecule has 4 nitrogen and oxygen atoms in total. The van der Waals surface area contributed by atoms with Gasteiger partial charge in [-0.1, -0.05) is 11.6 Å². The fraction of sp³-hybridized carbons (Fsp3) is 0.429. The molecule has 2 aromatic heterocycles. The summed E-state index contributed by atoms with van der Waals surface area (Å²) in [5.41, 5.74) is 2.08. The van der Waals surface area contributed by atoms with Crippen molar-refractivity contribution in [2.75, 3.05) is 7.05 Å². The molecule has 0 fully saturated rings. The van der Waals surface area contributed by atoms with Crippen molar-refractivity contribution in [1.82, 2.24) is 14.9 Å². The third-order valence-electron chi connectivity index (χ3n) is 3.58. The third kappa shape index (κ3) is 2.53. The number of likely N-dealkylation sites (N-methyl/N-ethyl adjacent to an activating group) is 1. The van der Waals surface area contributed by atoms with Crippen LogP contribution >= 0.6 is 22.9 Å². The number of rotatable bonds is 1. The number of aromatic nitrogens is 2. The lowest BCUT2D eigenvalue weighted by Crippen LogP contribution is -2.34. The maximum absolute atomic E-state index is 6.13. The molecule has 3 rings (SSSR count). The molecule has 20 heavy (non-hydrogen) atoms. The van der Waals surface area contributed by atoms with E-state index in [2.05, 4.69) is 28.8 Å². The molecule has 0 saturated heterocycles. The van der Waals surface area contributed by atoms with Crippen molar-refractivity contribution in [1.29, 1.82) is 0 Å². The number of halogens is 1. The van der Waals surface area contributed by atoms with Gasteiger partial charge in [-0.3, -0.25) is 4.90 Å². The molecule has 0 amide bonds. The number of nitrogens with zero attached hydrogens (tertiary/aromatic N) is 3. The highest BCUT2D eigenvalue weighted by atomic mass is 35.5. The SMILES string of the molecule is Cc1csc(C2Oc3nc(Cl)ccc3CN(C)C2C)n1. The quantitative estimate of drug-likeness (QED) is 0.756. The van der Waals surface area contributed by atoms with Gasteiger partial charge in [0.25, 0.3) is 0 Å². The van der Waals surface area contributed by atoms with Gasteiger partial charge in [0, 0.05) is 23.2 Å². The Bertz CT molecular complexity index is 631. The zero-order valence-corrected chi connectivity index (χ0v) is 13.2. The van der Waals surface area contributed by atoms with Crippen molar-refractivity contribution in [2.24, 2.45) is 0 Å². The lowest BCUT2D eigenvalue weighted by molar-refractivity contribution is 0.102. The molecule has 1 aliphatic rings. The van der Waals surface area contributed by atoms with Crippen molar-refractivity contribution in [3.63, 3.8) is 0 Å². The number of fused-ring (bicyclic) bond motifs is 1. The summed E-state index contributed by atoms with van der Waals surface area (Å²) < 4.78 is 6.13. The fourth-order valence-electron chi connectivity index (χ4n) is 2.29. The second kappa shape index (κ2) is 5.31. The molecule has 106 valence electrons. The summed E-state index contributed by atoms with van der Waals surface area (Å²) in [5.74, 6) is 0.617. The molecular formula is C14H16ClN3OS. The summed E-state index contributed by atoms with van der Waals surface area (Å²) in [4.78, 5) is 11.1. The maximum Gasteiger partial charge on any atom is 0.220 e. The van der Waals surface area contributed by atoms with E-state index in [9.17, 15) is 0 Å². The van der Waals surface area contributed by atoms with Crippen LogP contribution in [0.15, 0.2) is 17.5 Å². The van der Waals surface area contributed by atoms with E-state index in [-0.39, 0.29) is 12.1 Å². The van der Waals surface area contributed by atoms with E-state index in [1.165, 1.54) is 0 Å². The minimum atomic E-state index is -0.120. The van der Waals surface area contributed by atoms with Gasteiger partial charge in [0.15, 0.2) is 6.10 Å². The van der Waals surface area contributed by atoms with Crippen LogP contribution in [0.3, 0.4) is 0 Å². The van der Waals surface area contributed by atoms with Gasteiger partial charge < -0.3 is 4.74 Å². The molecule has 0 bridgehead atoms. The first-order valence-electron chi connectivity index (χ1n) is 6.49. The smallest absolute Gasteiger partial charge is 0.220 e. The van der Waals surface area contributed by atoms with Gasteiger partial charge in [0.2, 0.25) is 5.88 Å². The van der Waals surface area contributed by atoms with Gasteiger partial charge >= 0.3 is 0 Å². The zero-order valence-electron chi connectivity index (χ0n) is 11.6. The molecule has 2 atom stereocenters. The normalized spacial score (nSPS) is 23.0. The van der Waals surface area contributed by atoms with Crippen molar-refractivity contribution < 1.29 is 4.74 Å². The summed E-state index contributed by atoms with van der Waals surface area (Å²) in [5, 5.41) is 3.48. The average molecular weight is 310 g/mol. The van der Waals surface area contributed by atoms with Crippen LogP contribution in [-0.4, -0.2) is 28.0 Å². The van der Waals surface area contributed by atoms with E-state index >= 15 is 0 Å². The Labute approximate surface area is 127 Å². The summed E-state index contributed by atoms with van der Waals surface area (Å²) in [6, 6.07) is 3.99. The average Bonchev–Trinajstić information content (AvgIpc) is 2.79. The predicted octanol–water partition coefficient (Wildman–Crippen LogP) is 3.45. The van der Waals surface area contributed by atoms with Crippen molar-refractivity contribution in [2.45, 2.75) is 32.5 Å². The lowest BCUT2D eigenvalue weighted by Gasteiger charge is -2.26. The Kier molecular flexibility index (Phi) is 3.67. The zero-order chi connectivity index (χ0) is 14.3. The Morgan fingerprint density at radius 3 is 2.90 bits per heavy atom. The Balaban J connectivity index is 2.02. The monoisotopic (exact) mass is 309 g/mol. The Morgan fingerprint density at radius 2 is 2.20 bits per heavy atom. The molecule has 0 N–H and O–H groups in total. The van der Waals surface area contributed by atoms with Crippen LogP contribution in [0.25, 0.3) is 0 Å². The molecule has 2 aromatic rings. The van der Waals surface area contributed by atoms with Crippen LogP contribution in [0.1, 0.15) is 29.3 Å². The summed E-state index contributed by atoms with van der Waals surface area (Å²) in [7, 11) is 2.09. The molecule has 6 heteroatoms. The molecule has 0 spiro atoms. The van der Waals surface area contributed by atoms with Crippen molar-refractivity contribution in [3.8, 4) is 5.88 Å². The van der Waals surface area contributed by atoms with Crippen LogP contribution in [0.5, 0.6) is 5.88 Å². The van der Waals surface area contributed by atoms with Crippen molar-refractivity contribution >= 4 is 22.9 Å². The van der Waals surface area contributed by atoms with Gasteiger partial charge in [-0.05, 0) is 33.0 Å². The summed E-state index contributed by atoms with van der Waals surface area (Å²) in [6.07, 6.45) is -0.120. The Hall–Kier alpha value is -1.17. The first-order chi connectivity index (χ1) is 9.54. The molecular weight excluding hydrogens is 294 g/mol.